The number of benzene rings is 1. The maximum Gasteiger partial charge on any atom is 0.311 e. The third-order valence-electron chi connectivity index (χ3n) is 2.62. The van der Waals surface area contributed by atoms with Crippen molar-refractivity contribution >= 4 is 28.9 Å². The van der Waals surface area contributed by atoms with E-state index in [1.165, 1.54) is 11.3 Å². The van der Waals surface area contributed by atoms with Crippen LogP contribution in [0.15, 0.2) is 47.8 Å². The van der Waals surface area contributed by atoms with Crippen LogP contribution < -0.4 is 5.32 Å². The monoisotopic (exact) mass is 289 g/mol. The number of carbonyl (C=O) groups excluding carboxylic acids is 2. The summed E-state index contributed by atoms with van der Waals surface area (Å²) < 4.78 is 5.11. The summed E-state index contributed by atoms with van der Waals surface area (Å²) in [6.07, 6.45) is -0.622. The Balaban J connectivity index is 1.83. The number of nitrogens with one attached hydrogen (secondary N) is 1. The molecule has 1 aromatic carbocycles. The minimum Gasteiger partial charge on any atom is -0.452 e. The lowest BCUT2D eigenvalue weighted by Gasteiger charge is -2.13. The summed E-state index contributed by atoms with van der Waals surface area (Å²) >= 11 is 1.49. The topological polar surface area (TPSA) is 55.4 Å². The van der Waals surface area contributed by atoms with E-state index in [1.807, 2.05) is 35.7 Å². The summed E-state index contributed by atoms with van der Waals surface area (Å²) in [6.45, 7) is 1.56. The van der Waals surface area contributed by atoms with Crippen molar-refractivity contribution in [1.82, 2.24) is 0 Å². The number of para-hydroxylation sites is 1. The molecule has 0 fully saturated rings. The maximum atomic E-state index is 11.9. The molecule has 0 saturated carbocycles. The van der Waals surface area contributed by atoms with Crippen LogP contribution in [0.5, 0.6) is 0 Å². The number of hydrogen-bond acceptors (Lipinski definition) is 4. The Hall–Kier alpha value is -2.14. The molecule has 1 aromatic heterocycles. The Bertz CT molecular complexity index is 566. The lowest BCUT2D eigenvalue weighted by atomic mass is 10.3. The number of ether oxygens (including phenoxy) is 1. The van der Waals surface area contributed by atoms with Gasteiger partial charge in [0.15, 0.2) is 6.10 Å². The van der Waals surface area contributed by atoms with Gasteiger partial charge < -0.3 is 10.1 Å². The minimum atomic E-state index is -0.817. The quantitative estimate of drug-likeness (QED) is 0.861. The summed E-state index contributed by atoms with van der Waals surface area (Å²) in [6, 6.07) is 12.8. The van der Waals surface area contributed by atoms with Gasteiger partial charge in [-0.05, 0) is 30.5 Å². The van der Waals surface area contributed by atoms with Crippen LogP contribution in [-0.2, 0) is 20.7 Å². The molecule has 20 heavy (non-hydrogen) atoms. The minimum absolute atomic E-state index is 0.195. The van der Waals surface area contributed by atoms with Crippen LogP contribution in [-0.4, -0.2) is 18.0 Å². The molecular weight excluding hydrogens is 274 g/mol. The van der Waals surface area contributed by atoms with Gasteiger partial charge in [0.25, 0.3) is 5.91 Å². The molecule has 1 heterocycles. The van der Waals surface area contributed by atoms with Gasteiger partial charge in [-0.2, -0.15) is 0 Å². The summed E-state index contributed by atoms with van der Waals surface area (Å²) in [5, 5.41) is 4.59. The van der Waals surface area contributed by atoms with Gasteiger partial charge in [0.05, 0.1) is 6.42 Å². The normalized spacial score (nSPS) is 11.7. The second kappa shape index (κ2) is 6.86. The second-order valence-corrected chi connectivity index (χ2v) is 5.28. The zero-order valence-corrected chi connectivity index (χ0v) is 11.9. The molecular formula is C15H15NO3S. The molecule has 2 rings (SSSR count). The molecule has 0 bridgehead atoms. The van der Waals surface area contributed by atoms with E-state index in [-0.39, 0.29) is 12.3 Å². The van der Waals surface area contributed by atoms with Gasteiger partial charge >= 0.3 is 5.97 Å². The highest BCUT2D eigenvalue weighted by molar-refractivity contribution is 7.10. The van der Waals surface area contributed by atoms with Crippen molar-refractivity contribution in [2.75, 3.05) is 5.32 Å². The predicted octanol–water partition coefficient (Wildman–Crippen LogP) is 2.86. The van der Waals surface area contributed by atoms with E-state index in [0.29, 0.717) is 5.69 Å². The Kier molecular flexibility index (Phi) is 4.90. The van der Waals surface area contributed by atoms with Crippen LogP contribution >= 0.6 is 11.3 Å². The van der Waals surface area contributed by atoms with Crippen LogP contribution in [0.3, 0.4) is 0 Å². The fraction of sp³-hybridized carbons (Fsp3) is 0.200. The Morgan fingerprint density at radius 3 is 2.60 bits per heavy atom. The van der Waals surface area contributed by atoms with Crippen molar-refractivity contribution in [3.63, 3.8) is 0 Å². The fourth-order valence-corrected chi connectivity index (χ4v) is 2.30. The molecule has 0 radical (unpaired) electrons. The lowest BCUT2D eigenvalue weighted by Crippen LogP contribution is -2.30. The largest absolute Gasteiger partial charge is 0.452 e. The SMILES string of the molecule is C[C@H](OC(=O)Cc1cccs1)C(=O)Nc1ccccc1. The summed E-state index contributed by atoms with van der Waals surface area (Å²) in [5.74, 6) is -0.737. The Morgan fingerprint density at radius 2 is 1.95 bits per heavy atom. The molecule has 1 amide bonds. The molecule has 1 N–H and O–H groups in total. The second-order valence-electron chi connectivity index (χ2n) is 4.24. The number of hydrogen-bond donors (Lipinski definition) is 1. The third kappa shape index (κ3) is 4.20. The molecule has 0 aliphatic heterocycles. The number of rotatable bonds is 5. The molecule has 2 aromatic rings. The van der Waals surface area contributed by atoms with Crippen molar-refractivity contribution in [3.05, 3.63) is 52.7 Å². The maximum absolute atomic E-state index is 11.9. The van der Waals surface area contributed by atoms with Crippen molar-refractivity contribution in [1.29, 1.82) is 0 Å². The molecule has 0 aliphatic carbocycles. The van der Waals surface area contributed by atoms with Crippen molar-refractivity contribution in [3.8, 4) is 0 Å². The Morgan fingerprint density at radius 1 is 1.20 bits per heavy atom. The van der Waals surface area contributed by atoms with E-state index < -0.39 is 12.1 Å². The zero-order chi connectivity index (χ0) is 14.4. The third-order valence-corrected chi connectivity index (χ3v) is 3.49. The smallest absolute Gasteiger partial charge is 0.311 e. The van der Waals surface area contributed by atoms with Gasteiger partial charge in [0, 0.05) is 10.6 Å². The van der Waals surface area contributed by atoms with Gasteiger partial charge in [-0.1, -0.05) is 24.3 Å². The number of anilines is 1. The van der Waals surface area contributed by atoms with E-state index in [1.54, 1.807) is 19.1 Å². The molecule has 4 nitrogen and oxygen atoms in total. The van der Waals surface area contributed by atoms with Gasteiger partial charge in [-0.3, -0.25) is 9.59 Å². The fourth-order valence-electron chi connectivity index (χ4n) is 1.61. The highest BCUT2D eigenvalue weighted by Crippen LogP contribution is 2.11. The molecule has 0 unspecified atom stereocenters. The van der Waals surface area contributed by atoms with E-state index in [2.05, 4.69) is 5.32 Å². The highest BCUT2D eigenvalue weighted by atomic mass is 32.1. The first-order chi connectivity index (χ1) is 9.65. The molecule has 104 valence electrons. The van der Waals surface area contributed by atoms with Crippen LogP contribution in [0.4, 0.5) is 5.69 Å². The van der Waals surface area contributed by atoms with Crippen LogP contribution in [0, 0.1) is 0 Å². The summed E-state index contributed by atoms with van der Waals surface area (Å²) in [5.41, 5.74) is 0.679. The number of thiophene rings is 1. The average Bonchev–Trinajstić information content (AvgIpc) is 2.92. The van der Waals surface area contributed by atoms with Gasteiger partial charge in [0.2, 0.25) is 0 Å². The first-order valence-electron chi connectivity index (χ1n) is 6.23. The first-order valence-corrected chi connectivity index (χ1v) is 7.11. The molecule has 1 atom stereocenters. The van der Waals surface area contributed by atoms with Crippen molar-refractivity contribution in [2.45, 2.75) is 19.4 Å². The molecule has 0 aliphatic rings. The summed E-state index contributed by atoms with van der Waals surface area (Å²) in [4.78, 5) is 24.5. The van der Waals surface area contributed by atoms with Crippen LogP contribution in [0.25, 0.3) is 0 Å². The van der Waals surface area contributed by atoms with Gasteiger partial charge in [0.1, 0.15) is 0 Å². The standard InChI is InChI=1S/C15H15NO3S/c1-11(15(18)16-12-6-3-2-4-7-12)19-14(17)10-13-8-5-9-20-13/h2-9,11H,10H2,1H3,(H,16,18)/t11-/m0/s1. The highest BCUT2D eigenvalue weighted by Gasteiger charge is 2.18. The molecule has 5 heteroatoms. The lowest BCUT2D eigenvalue weighted by molar-refractivity contribution is -0.152. The van der Waals surface area contributed by atoms with Crippen LogP contribution in [0.1, 0.15) is 11.8 Å². The van der Waals surface area contributed by atoms with Gasteiger partial charge in [-0.25, -0.2) is 0 Å². The molecule has 0 spiro atoms. The first kappa shape index (κ1) is 14.3. The average molecular weight is 289 g/mol. The van der Waals surface area contributed by atoms with E-state index in [9.17, 15) is 9.59 Å². The van der Waals surface area contributed by atoms with Gasteiger partial charge in [-0.15, -0.1) is 11.3 Å². The van der Waals surface area contributed by atoms with E-state index >= 15 is 0 Å². The summed E-state index contributed by atoms with van der Waals surface area (Å²) in [7, 11) is 0. The number of esters is 1. The van der Waals surface area contributed by atoms with Crippen molar-refractivity contribution in [2.24, 2.45) is 0 Å². The van der Waals surface area contributed by atoms with E-state index in [0.717, 1.165) is 4.88 Å². The van der Waals surface area contributed by atoms with Crippen LogP contribution in [0.2, 0.25) is 0 Å². The number of amides is 1. The zero-order valence-electron chi connectivity index (χ0n) is 11.0. The number of carbonyl (C=O) groups is 2. The van der Waals surface area contributed by atoms with E-state index in [4.69, 9.17) is 4.74 Å². The predicted molar refractivity (Wildman–Crippen MR) is 78.6 cm³/mol. The van der Waals surface area contributed by atoms with Crippen molar-refractivity contribution < 1.29 is 14.3 Å². The molecule has 0 saturated heterocycles. The Labute approximate surface area is 121 Å².